The van der Waals surface area contributed by atoms with Crippen molar-refractivity contribution < 1.29 is 17.9 Å². The van der Waals surface area contributed by atoms with Crippen molar-refractivity contribution in [1.82, 2.24) is 25.2 Å². The second-order valence-electron chi connectivity index (χ2n) is 13.0. The number of pyridine rings is 1. The predicted octanol–water partition coefficient (Wildman–Crippen LogP) is 4.52. The summed E-state index contributed by atoms with van der Waals surface area (Å²) in [6, 6.07) is 5.46. The number of alkyl halides is 2. The summed E-state index contributed by atoms with van der Waals surface area (Å²) in [5, 5.41) is 13.6. The molecule has 6 heterocycles. The van der Waals surface area contributed by atoms with Gasteiger partial charge in [0.15, 0.2) is 5.82 Å². The lowest BCUT2D eigenvalue weighted by Crippen LogP contribution is -2.51. The van der Waals surface area contributed by atoms with E-state index in [1.165, 1.54) is 18.3 Å². The summed E-state index contributed by atoms with van der Waals surface area (Å²) in [6.07, 6.45) is 5.56. The number of aromatic nitrogens is 3. The van der Waals surface area contributed by atoms with Crippen LogP contribution < -0.4 is 20.7 Å². The molecule has 5 aliphatic rings. The second kappa shape index (κ2) is 9.30. The molecule has 4 saturated heterocycles. The van der Waals surface area contributed by atoms with Crippen LogP contribution in [-0.2, 0) is 0 Å². The van der Waals surface area contributed by atoms with E-state index < -0.39 is 22.7 Å². The Kier molecular flexibility index (Phi) is 5.88. The third kappa shape index (κ3) is 4.15. The highest BCUT2D eigenvalue weighted by molar-refractivity contribution is 6.34. The first-order chi connectivity index (χ1) is 20.6. The van der Waals surface area contributed by atoms with Crippen molar-refractivity contribution in [1.29, 1.82) is 5.26 Å². The largest absolute Gasteiger partial charge is 0.461 e. The van der Waals surface area contributed by atoms with E-state index in [-0.39, 0.29) is 52.1 Å². The van der Waals surface area contributed by atoms with Gasteiger partial charge in [-0.1, -0.05) is 11.6 Å². The van der Waals surface area contributed by atoms with E-state index in [4.69, 9.17) is 27.1 Å². The Hall–Kier alpha value is -3.40. The number of nitrogens with one attached hydrogen (secondary N) is 1. The summed E-state index contributed by atoms with van der Waals surface area (Å²) < 4.78 is 51.4. The van der Waals surface area contributed by atoms with Crippen molar-refractivity contribution in [2.24, 2.45) is 5.41 Å². The fourth-order valence-electron chi connectivity index (χ4n) is 8.04. The predicted molar refractivity (Wildman–Crippen MR) is 155 cm³/mol. The molecule has 9 nitrogen and oxygen atoms in total. The van der Waals surface area contributed by atoms with E-state index in [1.54, 1.807) is 0 Å². The quantitative estimate of drug-likeness (QED) is 0.402. The van der Waals surface area contributed by atoms with Crippen LogP contribution in [0, 0.1) is 22.6 Å². The van der Waals surface area contributed by atoms with Gasteiger partial charge in [-0.15, -0.1) is 0 Å². The van der Waals surface area contributed by atoms with Gasteiger partial charge in [0.1, 0.15) is 29.7 Å². The molecule has 1 aromatic carbocycles. The third-order valence-electron chi connectivity index (χ3n) is 10.2. The molecule has 1 aliphatic carbocycles. The van der Waals surface area contributed by atoms with Crippen LogP contribution >= 0.6 is 11.6 Å². The molecule has 3 aromatic rings. The number of ether oxygens (including phenoxy) is 1. The molecular formula is C30H30ClF3N8O. The molecule has 3 N–H and O–H groups in total. The van der Waals surface area contributed by atoms with Gasteiger partial charge in [0, 0.05) is 55.6 Å². The minimum Gasteiger partial charge on any atom is -0.461 e. The summed E-state index contributed by atoms with van der Waals surface area (Å²) in [5.41, 5.74) is 4.96. The Morgan fingerprint density at radius 3 is 2.67 bits per heavy atom. The van der Waals surface area contributed by atoms with Crippen molar-refractivity contribution in [2.75, 3.05) is 43.4 Å². The fourth-order valence-corrected chi connectivity index (χ4v) is 8.28. The minimum atomic E-state index is -2.64. The maximum Gasteiger partial charge on any atom is 0.319 e. The third-order valence-corrected chi connectivity index (χ3v) is 10.6. The number of halogens is 4. The first-order valence-corrected chi connectivity index (χ1v) is 15.1. The Morgan fingerprint density at radius 2 is 1.95 bits per heavy atom. The van der Waals surface area contributed by atoms with Crippen molar-refractivity contribution in [3.05, 3.63) is 34.7 Å². The molecule has 8 rings (SSSR count). The first kappa shape index (κ1) is 27.2. The van der Waals surface area contributed by atoms with Gasteiger partial charge < -0.3 is 20.7 Å². The maximum atomic E-state index is 16.4. The van der Waals surface area contributed by atoms with Crippen molar-refractivity contribution in [3.63, 3.8) is 0 Å². The number of anilines is 2. The molecule has 1 saturated carbocycles. The molecule has 0 radical (unpaired) electrons. The van der Waals surface area contributed by atoms with Crippen molar-refractivity contribution in [3.8, 4) is 23.3 Å². The molecule has 5 fully saturated rings. The first-order valence-electron chi connectivity index (χ1n) is 14.7. The normalized spacial score (nSPS) is 30.6. The fraction of sp³-hybridized carbons (Fsp3) is 0.533. The lowest BCUT2D eigenvalue weighted by Gasteiger charge is -2.34. The summed E-state index contributed by atoms with van der Waals surface area (Å²) in [6.45, 7) is 2.64. The van der Waals surface area contributed by atoms with Gasteiger partial charge >= 0.3 is 6.01 Å². The zero-order valence-electron chi connectivity index (χ0n) is 23.3. The highest BCUT2D eigenvalue weighted by atomic mass is 35.5. The van der Waals surface area contributed by atoms with Gasteiger partial charge in [-0.2, -0.15) is 15.2 Å². The number of hydrogen-bond acceptors (Lipinski definition) is 9. The zero-order valence-corrected chi connectivity index (χ0v) is 24.1. The topological polar surface area (TPSA) is 116 Å². The summed E-state index contributed by atoms with van der Waals surface area (Å²) in [4.78, 5) is 18.0. The average molecular weight is 611 g/mol. The molecule has 13 heteroatoms. The molecule has 4 atom stereocenters. The number of rotatable bonds is 5. The van der Waals surface area contributed by atoms with Crippen molar-refractivity contribution >= 4 is 34.0 Å². The standard InChI is InChI=1S/C30H30ClF3N8O/c31-22-16(8-35)6-17(36)7-20(22)24-23(32)25-21(9-37-24)26(41-10-18-2-3-19(11-41)38-18)40-27(39-25)43-15-29-4-1-5-42(29)14-28(12-29)13-30(28,33)34/h6-7,9,18-19,38H,1-5,10-15,36H2/t18-,19+,28-,29-/m0/s1. The molecule has 0 amide bonds. The number of nitriles is 1. The van der Waals surface area contributed by atoms with Crippen LogP contribution in [0.4, 0.5) is 24.7 Å². The van der Waals surface area contributed by atoms with Gasteiger partial charge in [0.2, 0.25) is 0 Å². The van der Waals surface area contributed by atoms with Crippen LogP contribution in [0.1, 0.15) is 44.1 Å². The number of nitrogens with zero attached hydrogens (tertiary/aromatic N) is 6. The average Bonchev–Trinajstić information content (AvgIpc) is 3.31. The van der Waals surface area contributed by atoms with Crippen LogP contribution in [-0.4, -0.2) is 76.2 Å². The second-order valence-corrected chi connectivity index (χ2v) is 13.4. The van der Waals surface area contributed by atoms with Gasteiger partial charge in [-0.05, 0) is 50.8 Å². The van der Waals surface area contributed by atoms with Crippen molar-refractivity contribution in [2.45, 2.75) is 62.1 Å². The van der Waals surface area contributed by atoms with Gasteiger partial charge in [-0.3, -0.25) is 9.88 Å². The molecule has 43 heavy (non-hydrogen) atoms. The van der Waals surface area contributed by atoms with E-state index in [1.807, 2.05) is 6.07 Å². The SMILES string of the molecule is N#Cc1cc(N)cc(-c2ncc3c(N4C[C@H]5CC[C@@H](C4)N5)nc(OC[C@@]45CCCN4C[C@@]4(CC4(F)F)C5)nc3c2F)c1Cl. The lowest BCUT2D eigenvalue weighted by atomic mass is 9.89. The highest BCUT2D eigenvalue weighted by Gasteiger charge is 2.77. The molecular weight excluding hydrogens is 581 g/mol. The summed E-state index contributed by atoms with van der Waals surface area (Å²) >= 11 is 6.47. The maximum absolute atomic E-state index is 16.4. The van der Waals surface area contributed by atoms with E-state index in [2.05, 4.69) is 25.1 Å². The molecule has 0 unspecified atom stereocenters. The number of benzene rings is 1. The Bertz CT molecular complexity index is 1710. The van der Waals surface area contributed by atoms with Crippen LogP contribution in [0.2, 0.25) is 5.02 Å². The van der Waals surface area contributed by atoms with E-state index in [0.29, 0.717) is 49.3 Å². The van der Waals surface area contributed by atoms with E-state index in [0.717, 1.165) is 32.2 Å². The molecule has 2 aromatic heterocycles. The van der Waals surface area contributed by atoms with E-state index >= 15 is 4.39 Å². The molecule has 2 bridgehead atoms. The Morgan fingerprint density at radius 1 is 1.19 bits per heavy atom. The zero-order chi connectivity index (χ0) is 29.7. The molecule has 1 spiro atoms. The number of piperazine rings is 1. The minimum absolute atomic E-state index is 0.00488. The van der Waals surface area contributed by atoms with Crippen LogP contribution in [0.15, 0.2) is 18.3 Å². The molecule has 224 valence electrons. The monoisotopic (exact) mass is 610 g/mol. The van der Waals surface area contributed by atoms with E-state index in [9.17, 15) is 14.0 Å². The van der Waals surface area contributed by atoms with Crippen LogP contribution in [0.3, 0.4) is 0 Å². The lowest BCUT2D eigenvalue weighted by molar-refractivity contribution is 0.0647. The number of nitrogen functional groups attached to an aromatic ring is 1. The number of fused-ring (bicyclic) bond motifs is 4. The van der Waals surface area contributed by atoms with Gasteiger partial charge in [0.05, 0.1) is 26.9 Å². The molecule has 4 aliphatic heterocycles. The summed E-state index contributed by atoms with van der Waals surface area (Å²) in [5.74, 6) is -2.86. The van der Waals surface area contributed by atoms with Crippen LogP contribution in [0.25, 0.3) is 22.2 Å². The van der Waals surface area contributed by atoms with Gasteiger partial charge in [-0.25, -0.2) is 13.2 Å². The number of nitrogens with two attached hydrogens (primary N) is 1. The number of hydrogen-bond donors (Lipinski definition) is 2. The summed E-state index contributed by atoms with van der Waals surface area (Å²) in [7, 11) is 0. The Balaban J connectivity index is 1.20. The van der Waals surface area contributed by atoms with Crippen LogP contribution in [0.5, 0.6) is 6.01 Å². The Labute approximate surface area is 251 Å². The van der Waals surface area contributed by atoms with Gasteiger partial charge in [0.25, 0.3) is 5.92 Å². The smallest absolute Gasteiger partial charge is 0.319 e. The highest BCUT2D eigenvalue weighted by Crippen LogP contribution is 2.69.